The van der Waals surface area contributed by atoms with Gasteiger partial charge in [0, 0.05) is 45.5 Å². The fourth-order valence-electron chi connectivity index (χ4n) is 6.02. The van der Waals surface area contributed by atoms with Gasteiger partial charge in [-0.1, -0.05) is 103 Å². The van der Waals surface area contributed by atoms with Crippen molar-refractivity contribution in [3.63, 3.8) is 0 Å². The Labute approximate surface area is 237 Å². The first-order chi connectivity index (χ1) is 20.3. The topological polar surface area (TPSA) is 35.1 Å². The predicted molar refractivity (Wildman–Crippen MR) is 168 cm³/mol. The second-order valence-electron chi connectivity index (χ2n) is 10.4. The number of imidazole rings is 1. The van der Waals surface area contributed by atoms with Crippen LogP contribution >= 0.6 is 0 Å². The van der Waals surface area contributed by atoms with Crippen LogP contribution in [0.5, 0.6) is 0 Å². The normalized spacial score (nSPS) is 11.5. The zero-order valence-corrected chi connectivity index (χ0v) is 22.6. The molecule has 5 aromatic carbocycles. The molecule has 4 heteroatoms. The van der Waals surface area contributed by atoms with Gasteiger partial charge in [0.25, 0.3) is 0 Å². The largest absolute Gasteiger partial charge is 0.309 e. The van der Waals surface area contributed by atoms with E-state index in [0.29, 0.717) is 5.78 Å². The fraction of sp³-hybridized carbons (Fsp3) is 0.0270. The van der Waals surface area contributed by atoms with E-state index < -0.39 is 0 Å². The molecule has 0 bridgehead atoms. The Morgan fingerprint density at radius 1 is 0.561 bits per heavy atom. The zero-order valence-electron chi connectivity index (χ0n) is 22.6. The molecule has 0 spiro atoms. The molecule has 8 aromatic rings. The Morgan fingerprint density at radius 3 is 1.83 bits per heavy atom. The van der Waals surface area contributed by atoms with Gasteiger partial charge < -0.3 is 4.57 Å². The van der Waals surface area contributed by atoms with Crippen molar-refractivity contribution in [2.45, 2.75) is 6.92 Å². The molecule has 0 N–H and O–H groups in total. The Balaban J connectivity index is 1.29. The molecule has 0 saturated heterocycles. The molecule has 3 heterocycles. The SMILES string of the molecule is Cc1cc(-c2cnc3nc(-c4ccccc4)c(-c4ccccc4)n3c2)ccc1-n1c2ccccc2c2ccccc21. The molecule has 194 valence electrons. The van der Waals surface area contributed by atoms with Crippen LogP contribution in [0.1, 0.15) is 5.56 Å². The summed E-state index contributed by atoms with van der Waals surface area (Å²) < 4.78 is 4.50. The van der Waals surface area contributed by atoms with Crippen molar-refractivity contribution in [2.75, 3.05) is 0 Å². The molecule has 0 unspecified atom stereocenters. The van der Waals surface area contributed by atoms with Gasteiger partial charge in [-0.25, -0.2) is 9.97 Å². The molecule has 0 radical (unpaired) electrons. The Kier molecular flexibility index (Phi) is 5.32. The number of hydrogen-bond acceptors (Lipinski definition) is 2. The van der Waals surface area contributed by atoms with Gasteiger partial charge in [0.2, 0.25) is 5.78 Å². The quantitative estimate of drug-likeness (QED) is 0.229. The number of nitrogens with zero attached hydrogens (tertiary/aromatic N) is 4. The van der Waals surface area contributed by atoms with Crippen molar-refractivity contribution in [1.82, 2.24) is 18.9 Å². The molecule has 0 amide bonds. The molecular weight excluding hydrogens is 500 g/mol. The first-order valence-electron chi connectivity index (χ1n) is 13.8. The molecule has 8 rings (SSSR count). The molecule has 41 heavy (non-hydrogen) atoms. The first kappa shape index (κ1) is 23.4. The molecule has 0 saturated carbocycles. The molecule has 0 aliphatic carbocycles. The highest BCUT2D eigenvalue weighted by Gasteiger charge is 2.18. The summed E-state index contributed by atoms with van der Waals surface area (Å²) in [5.41, 5.74) is 11.1. The van der Waals surface area contributed by atoms with E-state index in [9.17, 15) is 0 Å². The van der Waals surface area contributed by atoms with Crippen molar-refractivity contribution >= 4 is 27.6 Å². The van der Waals surface area contributed by atoms with Crippen molar-refractivity contribution in [2.24, 2.45) is 0 Å². The number of fused-ring (bicyclic) bond motifs is 4. The minimum atomic E-state index is 0.685. The van der Waals surface area contributed by atoms with Crippen LogP contribution < -0.4 is 0 Å². The minimum Gasteiger partial charge on any atom is -0.309 e. The van der Waals surface area contributed by atoms with Crippen LogP contribution in [0.15, 0.2) is 140 Å². The molecule has 4 nitrogen and oxygen atoms in total. The van der Waals surface area contributed by atoms with Crippen molar-refractivity contribution in [3.8, 4) is 39.3 Å². The maximum absolute atomic E-state index is 4.97. The van der Waals surface area contributed by atoms with E-state index in [2.05, 4.69) is 137 Å². The van der Waals surface area contributed by atoms with Crippen molar-refractivity contribution in [3.05, 3.63) is 145 Å². The van der Waals surface area contributed by atoms with Gasteiger partial charge in [-0.3, -0.25) is 4.40 Å². The molecule has 0 atom stereocenters. The Bertz CT molecular complexity index is 2150. The smallest absolute Gasteiger partial charge is 0.234 e. The summed E-state index contributed by atoms with van der Waals surface area (Å²) in [6.45, 7) is 2.19. The van der Waals surface area contributed by atoms with Crippen LogP contribution in [0.4, 0.5) is 0 Å². The maximum atomic E-state index is 4.97. The number of hydrogen-bond donors (Lipinski definition) is 0. The second kappa shape index (κ2) is 9.32. The summed E-state index contributed by atoms with van der Waals surface area (Å²) in [6, 6.07) is 44.7. The first-order valence-corrected chi connectivity index (χ1v) is 13.8. The lowest BCUT2D eigenvalue weighted by molar-refractivity contribution is 1.11. The monoisotopic (exact) mass is 526 g/mol. The highest BCUT2D eigenvalue weighted by atomic mass is 15.1. The van der Waals surface area contributed by atoms with E-state index in [0.717, 1.165) is 33.6 Å². The summed E-state index contributed by atoms with van der Waals surface area (Å²) >= 11 is 0. The van der Waals surface area contributed by atoms with Crippen LogP contribution in [0.2, 0.25) is 0 Å². The lowest BCUT2D eigenvalue weighted by Crippen LogP contribution is -1.98. The van der Waals surface area contributed by atoms with E-state index >= 15 is 0 Å². The van der Waals surface area contributed by atoms with Gasteiger partial charge in [-0.2, -0.15) is 0 Å². The van der Waals surface area contributed by atoms with Gasteiger partial charge in [0.15, 0.2) is 0 Å². The Hall–Kier alpha value is -5.48. The number of benzene rings is 5. The number of para-hydroxylation sites is 2. The molecule has 0 fully saturated rings. The zero-order chi connectivity index (χ0) is 27.3. The van der Waals surface area contributed by atoms with Crippen molar-refractivity contribution < 1.29 is 0 Å². The summed E-state index contributed by atoms with van der Waals surface area (Å²) in [5.74, 6) is 0.685. The Morgan fingerprint density at radius 2 is 1.17 bits per heavy atom. The van der Waals surface area contributed by atoms with Crippen LogP contribution in [0.3, 0.4) is 0 Å². The highest BCUT2D eigenvalue weighted by molar-refractivity contribution is 6.09. The lowest BCUT2D eigenvalue weighted by Gasteiger charge is -2.13. The number of aryl methyl sites for hydroxylation is 1. The highest BCUT2D eigenvalue weighted by Crippen LogP contribution is 2.36. The fourth-order valence-corrected chi connectivity index (χ4v) is 6.02. The average Bonchev–Trinajstić information content (AvgIpc) is 3.58. The second-order valence-corrected chi connectivity index (χ2v) is 10.4. The minimum absolute atomic E-state index is 0.685. The molecule has 0 aliphatic rings. The number of aromatic nitrogens is 4. The molecule has 0 aliphatic heterocycles. The van der Waals surface area contributed by atoms with E-state index in [-0.39, 0.29) is 0 Å². The maximum Gasteiger partial charge on any atom is 0.234 e. The summed E-state index contributed by atoms with van der Waals surface area (Å²) in [5, 5.41) is 2.54. The van der Waals surface area contributed by atoms with E-state index in [1.54, 1.807) is 0 Å². The van der Waals surface area contributed by atoms with Gasteiger partial charge in [-0.15, -0.1) is 0 Å². The van der Waals surface area contributed by atoms with Gasteiger partial charge in [0.1, 0.15) is 0 Å². The van der Waals surface area contributed by atoms with Crippen LogP contribution in [-0.4, -0.2) is 18.9 Å². The molecule has 3 aromatic heterocycles. The average molecular weight is 527 g/mol. The van der Waals surface area contributed by atoms with Crippen molar-refractivity contribution in [1.29, 1.82) is 0 Å². The van der Waals surface area contributed by atoms with Crippen LogP contribution in [-0.2, 0) is 0 Å². The van der Waals surface area contributed by atoms with Crippen LogP contribution in [0.25, 0.3) is 66.9 Å². The third kappa shape index (κ3) is 3.76. The lowest BCUT2D eigenvalue weighted by atomic mass is 10.0. The standard InChI is InChI=1S/C37H26N4/c1-25-22-28(20-21-32(25)41-33-18-10-8-16-30(33)31-17-9-11-19-34(31)41)29-23-38-37-39-35(26-12-4-2-5-13-26)36(40(37)24-29)27-14-6-3-7-15-27/h2-24H,1H3. The summed E-state index contributed by atoms with van der Waals surface area (Å²) in [7, 11) is 0. The predicted octanol–water partition coefficient (Wildman–Crippen LogP) is 9.14. The van der Waals surface area contributed by atoms with Gasteiger partial charge in [0.05, 0.1) is 22.4 Å². The van der Waals surface area contributed by atoms with E-state index in [4.69, 9.17) is 9.97 Å². The third-order valence-electron chi connectivity index (χ3n) is 7.93. The summed E-state index contributed by atoms with van der Waals surface area (Å²) in [6.07, 6.45) is 4.10. The van der Waals surface area contributed by atoms with E-state index in [1.807, 2.05) is 18.3 Å². The van der Waals surface area contributed by atoms with Gasteiger partial charge >= 0.3 is 0 Å². The third-order valence-corrected chi connectivity index (χ3v) is 7.93. The summed E-state index contributed by atoms with van der Waals surface area (Å²) in [4.78, 5) is 9.79. The van der Waals surface area contributed by atoms with Crippen LogP contribution in [0, 0.1) is 6.92 Å². The molecular formula is C37H26N4. The number of rotatable bonds is 4. The van der Waals surface area contributed by atoms with Gasteiger partial charge in [-0.05, 0) is 42.3 Å². The van der Waals surface area contributed by atoms with E-state index in [1.165, 1.54) is 33.1 Å².